The van der Waals surface area contributed by atoms with Crippen molar-refractivity contribution in [3.8, 4) is 17.2 Å². The van der Waals surface area contributed by atoms with Gasteiger partial charge in [-0.15, -0.1) is 0 Å². The minimum Gasteiger partial charge on any atom is -0.478 e. The molecule has 1 saturated heterocycles. The topological polar surface area (TPSA) is 86.1 Å². The molecule has 1 atom stereocenters. The Balaban J connectivity index is 1.50. The summed E-state index contributed by atoms with van der Waals surface area (Å²) in [7, 11) is -3.00. The summed E-state index contributed by atoms with van der Waals surface area (Å²) in [5, 5.41) is 0.391. The van der Waals surface area contributed by atoms with Crippen molar-refractivity contribution >= 4 is 36.7 Å². The normalized spacial score (nSPS) is 20.6. The minimum atomic E-state index is -3.00. The number of hydrogen-bond donors (Lipinski definition) is 0. The van der Waals surface area contributed by atoms with Crippen molar-refractivity contribution in [2.75, 3.05) is 18.2 Å². The van der Waals surface area contributed by atoms with Crippen LogP contribution in [0.3, 0.4) is 0 Å². The molecule has 0 bridgehead atoms. The summed E-state index contributed by atoms with van der Waals surface area (Å²) in [6.07, 6.45) is 1.89. The molecule has 0 N–H and O–H groups in total. The van der Waals surface area contributed by atoms with E-state index in [4.69, 9.17) is 13.9 Å². The van der Waals surface area contributed by atoms with Crippen molar-refractivity contribution < 1.29 is 22.3 Å². The summed E-state index contributed by atoms with van der Waals surface area (Å²) in [5.74, 6) is 1.57. The number of sulfone groups is 1. The zero-order valence-corrected chi connectivity index (χ0v) is 18.2. The highest BCUT2D eigenvalue weighted by Gasteiger charge is 2.35. The van der Waals surface area contributed by atoms with Crippen molar-refractivity contribution in [1.82, 2.24) is 4.90 Å². The van der Waals surface area contributed by atoms with Crippen LogP contribution in [0.15, 0.2) is 56.3 Å². The van der Waals surface area contributed by atoms with E-state index in [2.05, 4.69) is 15.9 Å². The van der Waals surface area contributed by atoms with Gasteiger partial charge in [0.1, 0.15) is 30.1 Å². The molecule has 1 aromatic heterocycles. The predicted molar refractivity (Wildman–Crippen MR) is 115 cm³/mol. The molecule has 5 rings (SSSR count). The van der Waals surface area contributed by atoms with Crippen LogP contribution in [0.2, 0.25) is 0 Å². The third-order valence-corrected chi connectivity index (χ3v) is 7.90. The van der Waals surface area contributed by atoms with Crippen LogP contribution in [0.25, 0.3) is 11.0 Å². The summed E-state index contributed by atoms with van der Waals surface area (Å²) >= 11 is 3.40. The molecule has 2 aliphatic heterocycles. The highest BCUT2D eigenvalue weighted by Crippen LogP contribution is 2.35. The van der Waals surface area contributed by atoms with E-state index in [1.54, 1.807) is 18.2 Å². The number of hydrogen-bond acceptors (Lipinski definition) is 7. The maximum Gasteiger partial charge on any atom is 0.235 e. The van der Waals surface area contributed by atoms with Gasteiger partial charge in [-0.05, 0) is 46.6 Å². The molecule has 1 fully saturated rings. The molecule has 3 heterocycles. The number of benzene rings is 2. The first kappa shape index (κ1) is 19.6. The predicted octanol–water partition coefficient (Wildman–Crippen LogP) is 3.69. The Kier molecular flexibility index (Phi) is 4.83. The lowest BCUT2D eigenvalue weighted by molar-refractivity contribution is 0.0649. The second kappa shape index (κ2) is 7.40. The molecule has 0 amide bonds. The molecule has 0 unspecified atom stereocenters. The lowest BCUT2D eigenvalue weighted by Gasteiger charge is -2.33. The van der Waals surface area contributed by atoms with E-state index < -0.39 is 9.84 Å². The van der Waals surface area contributed by atoms with Gasteiger partial charge in [0.2, 0.25) is 11.2 Å². The zero-order valence-electron chi connectivity index (χ0n) is 15.8. The van der Waals surface area contributed by atoms with Gasteiger partial charge in [-0.2, -0.15) is 0 Å². The number of ether oxygens (including phenoxy) is 2. The van der Waals surface area contributed by atoms with Crippen LogP contribution in [0.5, 0.6) is 17.2 Å². The van der Waals surface area contributed by atoms with Crippen molar-refractivity contribution in [2.24, 2.45) is 0 Å². The van der Waals surface area contributed by atoms with E-state index in [1.807, 2.05) is 23.1 Å². The number of para-hydroxylation sites is 1. The monoisotopic (exact) mass is 491 g/mol. The molecule has 0 aliphatic carbocycles. The SMILES string of the molecule is O=c1c(Oc2ccccc2Br)coc2c3c(ccc12)OCN([C@@H]1CCS(=O)(=O)C1)C3. The molecule has 9 heteroatoms. The second-order valence-corrected chi connectivity index (χ2v) is 10.5. The van der Waals surface area contributed by atoms with Crippen molar-refractivity contribution in [3.63, 3.8) is 0 Å². The second-order valence-electron chi connectivity index (χ2n) is 7.46. The molecule has 7 nitrogen and oxygen atoms in total. The summed E-state index contributed by atoms with van der Waals surface area (Å²) < 4.78 is 41.8. The Labute approximate surface area is 181 Å². The molecular formula is C21H18BrNO6S. The van der Waals surface area contributed by atoms with Crippen LogP contribution in [-0.2, 0) is 16.4 Å². The first-order valence-corrected chi connectivity index (χ1v) is 12.1. The average Bonchev–Trinajstić information content (AvgIpc) is 3.10. The highest BCUT2D eigenvalue weighted by molar-refractivity contribution is 9.10. The fourth-order valence-corrected chi connectivity index (χ4v) is 6.05. The van der Waals surface area contributed by atoms with E-state index in [1.165, 1.54) is 6.26 Å². The molecule has 2 aliphatic rings. The smallest absolute Gasteiger partial charge is 0.235 e. The van der Waals surface area contributed by atoms with Crippen molar-refractivity contribution in [2.45, 2.75) is 19.0 Å². The fraction of sp³-hybridized carbons (Fsp3) is 0.286. The Bertz CT molecular complexity index is 1300. The molecule has 156 valence electrons. The lowest BCUT2D eigenvalue weighted by atomic mass is 10.1. The zero-order chi connectivity index (χ0) is 20.9. The summed E-state index contributed by atoms with van der Waals surface area (Å²) in [5.41, 5.74) is 0.894. The number of fused-ring (bicyclic) bond motifs is 3. The Morgan fingerprint density at radius 1 is 1.13 bits per heavy atom. The van der Waals surface area contributed by atoms with E-state index in [9.17, 15) is 13.2 Å². The maximum atomic E-state index is 13.0. The molecule has 0 radical (unpaired) electrons. The van der Waals surface area contributed by atoms with Gasteiger partial charge in [-0.1, -0.05) is 12.1 Å². The molecule has 2 aromatic carbocycles. The summed E-state index contributed by atoms with van der Waals surface area (Å²) in [6, 6.07) is 10.6. The Morgan fingerprint density at radius 3 is 2.73 bits per heavy atom. The average molecular weight is 492 g/mol. The summed E-state index contributed by atoms with van der Waals surface area (Å²) in [6.45, 7) is 0.770. The number of nitrogens with zero attached hydrogens (tertiary/aromatic N) is 1. The van der Waals surface area contributed by atoms with Crippen LogP contribution in [0.1, 0.15) is 12.0 Å². The maximum absolute atomic E-state index is 13.0. The van der Waals surface area contributed by atoms with Gasteiger partial charge in [0.25, 0.3) is 0 Å². The van der Waals surface area contributed by atoms with E-state index in [0.29, 0.717) is 42.2 Å². The molecule has 0 spiro atoms. The molecule has 3 aromatic rings. The first-order valence-electron chi connectivity index (χ1n) is 9.48. The summed E-state index contributed by atoms with van der Waals surface area (Å²) in [4.78, 5) is 15.0. The van der Waals surface area contributed by atoms with Gasteiger partial charge in [0, 0.05) is 12.6 Å². The van der Waals surface area contributed by atoms with Crippen molar-refractivity contribution in [1.29, 1.82) is 0 Å². The Hall–Kier alpha value is -2.36. The quantitative estimate of drug-likeness (QED) is 0.552. The van der Waals surface area contributed by atoms with Crippen LogP contribution in [0.4, 0.5) is 0 Å². The number of halogens is 1. The van der Waals surface area contributed by atoms with Gasteiger partial charge >= 0.3 is 0 Å². The fourth-order valence-electron chi connectivity index (χ4n) is 3.92. The molecular weight excluding hydrogens is 474 g/mol. The first-order chi connectivity index (χ1) is 14.4. The third-order valence-electron chi connectivity index (χ3n) is 5.50. The minimum absolute atomic E-state index is 0.0878. The molecule has 30 heavy (non-hydrogen) atoms. The van der Waals surface area contributed by atoms with Crippen molar-refractivity contribution in [3.05, 3.63) is 62.9 Å². The Morgan fingerprint density at radius 2 is 1.97 bits per heavy atom. The largest absolute Gasteiger partial charge is 0.478 e. The van der Waals surface area contributed by atoms with E-state index in [-0.39, 0.29) is 28.7 Å². The standard InChI is InChI=1S/C21H18BrNO6S/c22-16-3-1-2-4-18(16)29-19-10-27-21-14(20(19)24)5-6-17-15(21)9-23(12-28-17)13-7-8-30(25,26)11-13/h1-6,10,13H,7-9,11-12H2/t13-/m1/s1. The van der Waals surface area contributed by atoms with Gasteiger partial charge in [-0.25, -0.2) is 8.42 Å². The van der Waals surface area contributed by atoms with E-state index in [0.717, 1.165) is 10.0 Å². The highest BCUT2D eigenvalue weighted by atomic mass is 79.9. The number of rotatable bonds is 3. The van der Waals surface area contributed by atoms with Gasteiger partial charge in [-0.3, -0.25) is 9.69 Å². The lowest BCUT2D eigenvalue weighted by Crippen LogP contribution is -2.41. The third kappa shape index (κ3) is 3.51. The van der Waals surface area contributed by atoms with Gasteiger partial charge < -0.3 is 13.9 Å². The van der Waals surface area contributed by atoms with Gasteiger partial charge in [0.15, 0.2) is 9.84 Å². The van der Waals surface area contributed by atoms with Crippen LogP contribution in [0, 0.1) is 0 Å². The van der Waals surface area contributed by atoms with E-state index >= 15 is 0 Å². The van der Waals surface area contributed by atoms with Crippen LogP contribution >= 0.6 is 15.9 Å². The van der Waals surface area contributed by atoms with Crippen LogP contribution in [-0.4, -0.2) is 37.6 Å². The van der Waals surface area contributed by atoms with Gasteiger partial charge in [0.05, 0.1) is 26.9 Å². The van der Waals surface area contributed by atoms with Crippen LogP contribution < -0.4 is 14.9 Å². The molecule has 0 saturated carbocycles.